The number of aromatic nitrogens is 5. The highest BCUT2D eigenvalue weighted by Gasteiger charge is 2.16. The second-order valence-corrected chi connectivity index (χ2v) is 7.22. The molecule has 132 valence electrons. The lowest BCUT2D eigenvalue weighted by molar-refractivity contribution is 0.912. The van der Waals surface area contributed by atoms with Crippen molar-refractivity contribution in [1.82, 2.24) is 24.6 Å². The third kappa shape index (κ3) is 2.72. The molecule has 0 spiro atoms. The zero-order valence-corrected chi connectivity index (χ0v) is 15.4. The molecule has 4 heterocycles. The molecule has 0 atom stereocenters. The Morgan fingerprint density at radius 3 is 2.74 bits per heavy atom. The molecule has 0 saturated heterocycles. The van der Waals surface area contributed by atoms with Crippen molar-refractivity contribution >= 4 is 33.0 Å². The van der Waals surface area contributed by atoms with Crippen molar-refractivity contribution in [3.05, 3.63) is 72.4 Å². The van der Waals surface area contributed by atoms with Crippen LogP contribution in [0.25, 0.3) is 26.3 Å². The molecule has 0 fully saturated rings. The highest BCUT2D eigenvalue weighted by Crippen LogP contribution is 2.39. The number of thiophene rings is 1. The van der Waals surface area contributed by atoms with E-state index in [1.165, 1.54) is 16.0 Å². The molecule has 0 unspecified atom stereocenters. The normalized spacial score (nSPS) is 11.3. The minimum atomic E-state index is 0.535. The predicted octanol–water partition coefficient (Wildman–Crippen LogP) is 4.32. The van der Waals surface area contributed by atoms with Gasteiger partial charge in [0, 0.05) is 11.1 Å². The number of hydrogen-bond donors (Lipinski definition) is 1. The number of hydrogen-bond acceptors (Lipinski definition) is 6. The zero-order chi connectivity index (χ0) is 18.2. The third-order valence-electron chi connectivity index (χ3n) is 4.56. The molecule has 0 aliphatic heterocycles. The Hall–Kier alpha value is -3.32. The van der Waals surface area contributed by atoms with E-state index in [4.69, 9.17) is 0 Å². The first-order valence-corrected chi connectivity index (χ1v) is 9.45. The highest BCUT2D eigenvalue weighted by molar-refractivity contribution is 7.22. The Balaban J connectivity index is 1.53. The molecule has 5 aromatic rings. The monoisotopic (exact) mass is 372 g/mol. The molecular formula is C20H16N6S. The lowest BCUT2D eigenvalue weighted by Gasteiger charge is -2.06. The summed E-state index contributed by atoms with van der Waals surface area (Å²) in [4.78, 5) is 11.2. The number of fused-ring (bicyclic) bond motifs is 2. The van der Waals surface area contributed by atoms with Crippen LogP contribution in [0.5, 0.6) is 0 Å². The molecule has 7 heteroatoms. The molecule has 0 bridgehead atoms. The highest BCUT2D eigenvalue weighted by atomic mass is 32.1. The summed E-state index contributed by atoms with van der Waals surface area (Å²) < 4.78 is 1.97. The van der Waals surface area contributed by atoms with E-state index in [1.54, 1.807) is 17.7 Å². The van der Waals surface area contributed by atoms with E-state index in [9.17, 15) is 0 Å². The van der Waals surface area contributed by atoms with Gasteiger partial charge in [0.1, 0.15) is 17.0 Å². The van der Waals surface area contributed by atoms with Crippen LogP contribution in [0.2, 0.25) is 0 Å². The summed E-state index contributed by atoms with van der Waals surface area (Å²) in [7, 11) is 0. The second kappa shape index (κ2) is 6.44. The molecule has 0 radical (unpaired) electrons. The number of aryl methyl sites for hydroxylation is 1. The standard InChI is InChI=1S/C20H16N6S/c1-13-17-19(21-11-16-25-24-15-9-5-6-10-26(15)16)22-12-23-20(17)27-18(13)14-7-3-2-4-8-14/h2-10,12H,11H2,1H3,(H,21,22,23). The molecule has 4 aromatic heterocycles. The van der Waals surface area contributed by atoms with Gasteiger partial charge in [0.15, 0.2) is 11.5 Å². The van der Waals surface area contributed by atoms with E-state index < -0.39 is 0 Å². The van der Waals surface area contributed by atoms with Crippen molar-refractivity contribution in [3.63, 3.8) is 0 Å². The number of pyridine rings is 1. The average Bonchev–Trinajstić information content (AvgIpc) is 3.29. The van der Waals surface area contributed by atoms with Crippen molar-refractivity contribution < 1.29 is 0 Å². The summed E-state index contributed by atoms with van der Waals surface area (Å²) in [6.45, 7) is 2.66. The summed E-state index contributed by atoms with van der Waals surface area (Å²) in [6, 6.07) is 16.3. The Labute approximate surface area is 159 Å². The van der Waals surface area contributed by atoms with Crippen LogP contribution in [-0.2, 0) is 6.54 Å². The van der Waals surface area contributed by atoms with Gasteiger partial charge in [-0.05, 0) is 30.2 Å². The molecule has 5 rings (SSSR count). The van der Waals surface area contributed by atoms with Gasteiger partial charge in [-0.15, -0.1) is 21.5 Å². The van der Waals surface area contributed by atoms with Crippen LogP contribution < -0.4 is 5.32 Å². The molecule has 6 nitrogen and oxygen atoms in total. The van der Waals surface area contributed by atoms with Gasteiger partial charge < -0.3 is 5.32 Å². The van der Waals surface area contributed by atoms with Gasteiger partial charge in [-0.1, -0.05) is 36.4 Å². The van der Waals surface area contributed by atoms with Crippen molar-refractivity contribution in [3.8, 4) is 10.4 Å². The number of benzene rings is 1. The van der Waals surface area contributed by atoms with Gasteiger partial charge in [-0.25, -0.2) is 9.97 Å². The first-order chi connectivity index (χ1) is 13.3. The first kappa shape index (κ1) is 15.9. The average molecular weight is 372 g/mol. The van der Waals surface area contributed by atoms with Crippen LogP contribution in [0.1, 0.15) is 11.4 Å². The number of nitrogens with one attached hydrogen (secondary N) is 1. The molecule has 1 N–H and O–H groups in total. The Kier molecular flexibility index (Phi) is 3.79. The molecule has 27 heavy (non-hydrogen) atoms. The molecule has 1 aromatic carbocycles. The molecule has 0 amide bonds. The minimum absolute atomic E-state index is 0.535. The fraction of sp³-hybridized carbons (Fsp3) is 0.100. The van der Waals surface area contributed by atoms with Gasteiger partial charge >= 0.3 is 0 Å². The van der Waals surface area contributed by atoms with E-state index in [1.807, 2.05) is 34.9 Å². The van der Waals surface area contributed by atoms with E-state index in [-0.39, 0.29) is 0 Å². The van der Waals surface area contributed by atoms with E-state index in [0.717, 1.165) is 27.5 Å². The quantitative estimate of drug-likeness (QED) is 0.509. The Morgan fingerprint density at radius 1 is 1.00 bits per heavy atom. The van der Waals surface area contributed by atoms with Crippen molar-refractivity contribution in [2.75, 3.05) is 5.32 Å². The maximum absolute atomic E-state index is 4.48. The summed E-state index contributed by atoms with van der Waals surface area (Å²) in [6.07, 6.45) is 3.57. The van der Waals surface area contributed by atoms with Crippen LogP contribution in [0.3, 0.4) is 0 Å². The molecule has 0 aliphatic rings. The maximum atomic E-state index is 4.48. The van der Waals surface area contributed by atoms with Crippen LogP contribution in [0, 0.1) is 6.92 Å². The van der Waals surface area contributed by atoms with Crippen molar-refractivity contribution in [2.45, 2.75) is 13.5 Å². The zero-order valence-electron chi connectivity index (χ0n) is 14.6. The third-order valence-corrected chi connectivity index (χ3v) is 5.81. The topological polar surface area (TPSA) is 68.0 Å². The fourth-order valence-electron chi connectivity index (χ4n) is 3.24. The van der Waals surface area contributed by atoms with Gasteiger partial charge in [-0.3, -0.25) is 4.40 Å². The number of anilines is 1. The van der Waals surface area contributed by atoms with Crippen LogP contribution in [-0.4, -0.2) is 24.6 Å². The van der Waals surface area contributed by atoms with Gasteiger partial charge in [0.25, 0.3) is 0 Å². The number of nitrogens with zero attached hydrogens (tertiary/aromatic N) is 5. The van der Waals surface area contributed by atoms with Crippen molar-refractivity contribution in [2.24, 2.45) is 0 Å². The SMILES string of the molecule is Cc1c(-c2ccccc2)sc2ncnc(NCc3nnc4ccccn34)c12. The van der Waals surface area contributed by atoms with Crippen LogP contribution >= 0.6 is 11.3 Å². The summed E-state index contributed by atoms with van der Waals surface area (Å²) >= 11 is 1.69. The van der Waals surface area contributed by atoms with Gasteiger partial charge in [0.05, 0.1) is 11.9 Å². The predicted molar refractivity (Wildman–Crippen MR) is 108 cm³/mol. The number of rotatable bonds is 4. The van der Waals surface area contributed by atoms with Gasteiger partial charge in [0.2, 0.25) is 0 Å². The Morgan fingerprint density at radius 2 is 1.85 bits per heavy atom. The van der Waals surface area contributed by atoms with Crippen LogP contribution in [0.4, 0.5) is 5.82 Å². The van der Waals surface area contributed by atoms with E-state index >= 15 is 0 Å². The van der Waals surface area contributed by atoms with Crippen LogP contribution in [0.15, 0.2) is 61.1 Å². The van der Waals surface area contributed by atoms with E-state index in [2.05, 4.69) is 56.7 Å². The minimum Gasteiger partial charge on any atom is -0.362 e. The van der Waals surface area contributed by atoms with Crippen molar-refractivity contribution in [1.29, 1.82) is 0 Å². The maximum Gasteiger partial charge on any atom is 0.160 e. The smallest absolute Gasteiger partial charge is 0.160 e. The summed E-state index contributed by atoms with van der Waals surface area (Å²) in [5, 5.41) is 13.0. The summed E-state index contributed by atoms with van der Waals surface area (Å²) in [5.41, 5.74) is 3.23. The fourth-order valence-corrected chi connectivity index (χ4v) is 4.40. The van der Waals surface area contributed by atoms with Gasteiger partial charge in [-0.2, -0.15) is 0 Å². The molecular weight excluding hydrogens is 356 g/mol. The second-order valence-electron chi connectivity index (χ2n) is 6.22. The summed E-state index contributed by atoms with van der Waals surface area (Å²) in [5.74, 6) is 1.66. The Bertz CT molecular complexity index is 1240. The lowest BCUT2D eigenvalue weighted by atomic mass is 10.1. The van der Waals surface area contributed by atoms with E-state index in [0.29, 0.717) is 6.54 Å². The first-order valence-electron chi connectivity index (χ1n) is 8.63. The largest absolute Gasteiger partial charge is 0.362 e. The molecule has 0 saturated carbocycles. The lowest BCUT2D eigenvalue weighted by Crippen LogP contribution is -2.06. The molecule has 0 aliphatic carbocycles.